The van der Waals surface area contributed by atoms with Crippen LogP contribution < -0.4 is 9.80 Å². The normalized spacial score (nSPS) is 13.9. The van der Waals surface area contributed by atoms with E-state index in [1.54, 1.807) is 0 Å². The maximum atomic E-state index is 4.87. The quantitative estimate of drug-likeness (QED) is 0.460. The molecule has 0 saturated carbocycles. The molecule has 33 heavy (non-hydrogen) atoms. The van der Waals surface area contributed by atoms with E-state index < -0.39 is 0 Å². The molecule has 1 aliphatic rings. The van der Waals surface area contributed by atoms with E-state index in [9.17, 15) is 0 Å². The Kier molecular flexibility index (Phi) is 5.98. The fraction of sp³-hybridized carbons (Fsp3) is 0.259. The number of hydrogen-bond acceptors (Lipinski definition) is 6. The minimum atomic E-state index is 0.823. The molecule has 0 N–H and O–H groups in total. The van der Waals surface area contributed by atoms with E-state index in [2.05, 4.69) is 86.5 Å². The zero-order valence-electron chi connectivity index (χ0n) is 19.1. The lowest BCUT2D eigenvalue weighted by atomic mass is 10.0. The summed E-state index contributed by atoms with van der Waals surface area (Å²) >= 11 is 0. The summed E-state index contributed by atoms with van der Waals surface area (Å²) < 4.78 is 0. The number of anilines is 2. The summed E-state index contributed by atoms with van der Waals surface area (Å²) in [5.74, 6) is 2.81. The summed E-state index contributed by atoms with van der Waals surface area (Å²) in [6, 6.07) is 24.8. The Bertz CT molecular complexity index is 1200. The van der Waals surface area contributed by atoms with Crippen LogP contribution in [0.4, 0.5) is 11.6 Å². The molecule has 2 aromatic carbocycles. The Hall–Kier alpha value is -3.80. The number of hydrogen-bond donors (Lipinski definition) is 0. The van der Waals surface area contributed by atoms with Gasteiger partial charge in [0.05, 0.1) is 5.69 Å². The van der Waals surface area contributed by atoms with Gasteiger partial charge >= 0.3 is 0 Å². The Morgan fingerprint density at radius 3 is 2.03 bits per heavy atom. The maximum Gasteiger partial charge on any atom is 0.151 e. The minimum absolute atomic E-state index is 0.823. The van der Waals surface area contributed by atoms with Crippen molar-refractivity contribution in [2.45, 2.75) is 20.3 Å². The van der Waals surface area contributed by atoms with Crippen LogP contribution in [0.25, 0.3) is 11.3 Å². The molecule has 6 nitrogen and oxygen atoms in total. The molecule has 5 rings (SSSR count). The van der Waals surface area contributed by atoms with Gasteiger partial charge in [-0.1, -0.05) is 60.7 Å². The largest absolute Gasteiger partial charge is 0.353 e. The third kappa shape index (κ3) is 4.70. The highest BCUT2D eigenvalue weighted by Gasteiger charge is 2.23. The van der Waals surface area contributed by atoms with Crippen molar-refractivity contribution in [1.29, 1.82) is 0 Å². The van der Waals surface area contributed by atoms with Crippen LogP contribution in [0.15, 0.2) is 72.8 Å². The molecule has 2 aromatic heterocycles. The van der Waals surface area contributed by atoms with Crippen LogP contribution in [-0.4, -0.2) is 46.3 Å². The number of aryl methyl sites for hydroxylation is 2. The van der Waals surface area contributed by atoms with Crippen LogP contribution in [0.1, 0.15) is 22.6 Å². The molecule has 0 spiro atoms. The summed E-state index contributed by atoms with van der Waals surface area (Å²) in [6.45, 7) is 7.61. The van der Waals surface area contributed by atoms with E-state index in [0.717, 1.165) is 67.0 Å². The van der Waals surface area contributed by atoms with Gasteiger partial charge in [-0.3, -0.25) is 0 Å². The first kappa shape index (κ1) is 21.1. The predicted octanol–water partition coefficient (Wildman–Crippen LogP) is 4.47. The molecule has 0 atom stereocenters. The lowest BCUT2D eigenvalue weighted by molar-refractivity contribution is 0.633. The first-order chi connectivity index (χ1) is 16.2. The smallest absolute Gasteiger partial charge is 0.151 e. The topological polar surface area (TPSA) is 58.0 Å². The van der Waals surface area contributed by atoms with E-state index in [-0.39, 0.29) is 0 Å². The lowest BCUT2D eigenvalue weighted by Gasteiger charge is -2.37. The van der Waals surface area contributed by atoms with Crippen molar-refractivity contribution in [3.05, 3.63) is 95.4 Å². The third-order valence-corrected chi connectivity index (χ3v) is 6.15. The number of piperazine rings is 1. The molecule has 1 fully saturated rings. The van der Waals surface area contributed by atoms with Crippen molar-refractivity contribution in [3.8, 4) is 11.3 Å². The number of benzene rings is 2. The van der Waals surface area contributed by atoms with Gasteiger partial charge in [0.2, 0.25) is 0 Å². The van der Waals surface area contributed by atoms with Gasteiger partial charge in [-0.05, 0) is 31.5 Å². The van der Waals surface area contributed by atoms with Gasteiger partial charge in [-0.2, -0.15) is 0 Å². The van der Waals surface area contributed by atoms with E-state index in [4.69, 9.17) is 4.98 Å². The Balaban J connectivity index is 1.31. The zero-order chi connectivity index (χ0) is 22.6. The summed E-state index contributed by atoms with van der Waals surface area (Å²) in [4.78, 5) is 14.2. The average molecular weight is 437 g/mol. The van der Waals surface area contributed by atoms with Crippen molar-refractivity contribution in [2.75, 3.05) is 36.0 Å². The van der Waals surface area contributed by atoms with Gasteiger partial charge in [0, 0.05) is 49.4 Å². The van der Waals surface area contributed by atoms with Crippen molar-refractivity contribution in [1.82, 2.24) is 20.2 Å². The molecule has 166 valence electrons. The fourth-order valence-electron chi connectivity index (χ4n) is 4.39. The van der Waals surface area contributed by atoms with Crippen LogP contribution in [0.2, 0.25) is 0 Å². The summed E-state index contributed by atoms with van der Waals surface area (Å²) in [5.41, 5.74) is 5.54. The molecule has 0 unspecified atom stereocenters. The second-order valence-corrected chi connectivity index (χ2v) is 8.44. The second kappa shape index (κ2) is 9.36. The maximum absolute atomic E-state index is 4.87. The highest BCUT2D eigenvalue weighted by molar-refractivity contribution is 5.60. The van der Waals surface area contributed by atoms with Gasteiger partial charge in [-0.25, -0.2) is 9.97 Å². The SMILES string of the molecule is Cc1nc(C)c(Cc2ccccc2)c(N2CCN(c3ccc(-c4ccccc4)nn3)CC2)n1. The van der Waals surface area contributed by atoms with Crippen molar-refractivity contribution < 1.29 is 0 Å². The monoisotopic (exact) mass is 436 g/mol. The minimum Gasteiger partial charge on any atom is -0.353 e. The molecule has 4 aromatic rings. The fourth-order valence-corrected chi connectivity index (χ4v) is 4.39. The average Bonchev–Trinajstić information content (AvgIpc) is 2.87. The van der Waals surface area contributed by atoms with Gasteiger partial charge in [0.1, 0.15) is 11.6 Å². The van der Waals surface area contributed by atoms with Crippen molar-refractivity contribution >= 4 is 11.6 Å². The number of aromatic nitrogens is 4. The van der Waals surface area contributed by atoms with Crippen LogP contribution in [0.3, 0.4) is 0 Å². The Morgan fingerprint density at radius 1 is 0.697 bits per heavy atom. The van der Waals surface area contributed by atoms with Crippen molar-refractivity contribution in [3.63, 3.8) is 0 Å². The van der Waals surface area contributed by atoms with Crippen LogP contribution in [0.5, 0.6) is 0 Å². The molecule has 0 aliphatic carbocycles. The molecule has 1 aliphatic heterocycles. The van der Waals surface area contributed by atoms with Gasteiger partial charge < -0.3 is 9.80 Å². The zero-order valence-corrected chi connectivity index (χ0v) is 19.1. The van der Waals surface area contributed by atoms with E-state index in [1.807, 2.05) is 25.1 Å². The second-order valence-electron chi connectivity index (χ2n) is 8.44. The molecular formula is C27H28N6. The van der Waals surface area contributed by atoms with Gasteiger partial charge in [-0.15, -0.1) is 10.2 Å². The number of rotatable bonds is 5. The highest BCUT2D eigenvalue weighted by Crippen LogP contribution is 2.26. The summed E-state index contributed by atoms with van der Waals surface area (Å²) in [5, 5.41) is 8.97. The number of nitrogens with zero attached hydrogens (tertiary/aromatic N) is 6. The molecule has 6 heteroatoms. The van der Waals surface area contributed by atoms with Crippen LogP contribution in [-0.2, 0) is 6.42 Å². The Morgan fingerprint density at radius 2 is 1.36 bits per heavy atom. The first-order valence-corrected chi connectivity index (χ1v) is 11.4. The predicted molar refractivity (Wildman–Crippen MR) is 133 cm³/mol. The Labute approximate surface area is 195 Å². The van der Waals surface area contributed by atoms with Crippen LogP contribution >= 0.6 is 0 Å². The molecule has 3 heterocycles. The van der Waals surface area contributed by atoms with Gasteiger partial charge in [0.15, 0.2) is 5.82 Å². The molecule has 1 saturated heterocycles. The van der Waals surface area contributed by atoms with E-state index >= 15 is 0 Å². The summed E-state index contributed by atoms with van der Waals surface area (Å²) in [7, 11) is 0. The first-order valence-electron chi connectivity index (χ1n) is 11.4. The molecule has 0 bridgehead atoms. The van der Waals surface area contributed by atoms with Crippen molar-refractivity contribution in [2.24, 2.45) is 0 Å². The molecule has 0 radical (unpaired) electrons. The summed E-state index contributed by atoms with van der Waals surface area (Å²) in [6.07, 6.45) is 0.842. The lowest BCUT2D eigenvalue weighted by Crippen LogP contribution is -2.47. The molecular weight excluding hydrogens is 408 g/mol. The van der Waals surface area contributed by atoms with Gasteiger partial charge in [0.25, 0.3) is 0 Å². The highest BCUT2D eigenvalue weighted by atomic mass is 15.3. The van der Waals surface area contributed by atoms with E-state index in [0.29, 0.717) is 0 Å². The standard InChI is InChI=1S/C27H28N6/c1-20-24(19-22-9-5-3-6-10-22)27(29-21(2)28-20)33-17-15-32(16-18-33)26-14-13-25(30-31-26)23-11-7-4-8-12-23/h3-14H,15-19H2,1-2H3. The third-order valence-electron chi connectivity index (χ3n) is 6.15. The van der Waals surface area contributed by atoms with Crippen LogP contribution in [0, 0.1) is 13.8 Å². The van der Waals surface area contributed by atoms with E-state index in [1.165, 1.54) is 11.1 Å². The molecule has 0 amide bonds.